The van der Waals surface area contributed by atoms with E-state index in [1.165, 1.54) is 11.1 Å². The topological polar surface area (TPSA) is 43.1 Å². The molecular weight excluding hydrogens is 246 g/mol. The molecule has 2 rings (SSSR count). The Balaban J connectivity index is 2.18. The van der Waals surface area contributed by atoms with E-state index in [4.69, 9.17) is 5.73 Å². The zero-order chi connectivity index (χ0) is 14.5. The molecule has 104 valence electrons. The molecule has 0 aliphatic rings. The zero-order valence-corrected chi connectivity index (χ0v) is 12.1. The van der Waals surface area contributed by atoms with E-state index in [2.05, 4.69) is 32.0 Å². The third-order valence-corrected chi connectivity index (χ3v) is 3.49. The quantitative estimate of drug-likeness (QED) is 0.904. The Morgan fingerprint density at radius 2 is 1.65 bits per heavy atom. The Morgan fingerprint density at radius 1 is 1.05 bits per heavy atom. The van der Waals surface area contributed by atoms with Crippen LogP contribution in [-0.4, -0.2) is 12.3 Å². The highest BCUT2D eigenvalue weighted by Gasteiger charge is 2.19. The van der Waals surface area contributed by atoms with Crippen molar-refractivity contribution >= 4 is 5.78 Å². The van der Waals surface area contributed by atoms with Crippen LogP contribution in [0, 0.1) is 13.8 Å². The number of hydrogen-bond donors (Lipinski definition) is 1. The van der Waals surface area contributed by atoms with E-state index in [-0.39, 0.29) is 11.7 Å². The molecule has 0 aliphatic carbocycles. The molecule has 2 nitrogen and oxygen atoms in total. The number of aryl methyl sites for hydroxylation is 2. The average molecular weight is 267 g/mol. The predicted molar refractivity (Wildman–Crippen MR) is 82.9 cm³/mol. The molecule has 2 heteroatoms. The smallest absolute Gasteiger partial charge is 0.145 e. The summed E-state index contributed by atoms with van der Waals surface area (Å²) in [6, 6.07) is 16.0. The minimum Gasteiger partial charge on any atom is -0.329 e. The first kappa shape index (κ1) is 14.5. The lowest BCUT2D eigenvalue weighted by Crippen LogP contribution is -2.23. The average Bonchev–Trinajstić information content (AvgIpc) is 2.39. The Labute approximate surface area is 120 Å². The largest absolute Gasteiger partial charge is 0.329 e. The predicted octanol–water partition coefficient (Wildman–Crippen LogP) is 3.16. The van der Waals surface area contributed by atoms with Crippen LogP contribution < -0.4 is 5.73 Å². The van der Waals surface area contributed by atoms with E-state index >= 15 is 0 Å². The maximum absolute atomic E-state index is 12.5. The number of carbonyl (C=O) groups is 1. The SMILES string of the molecule is Cc1cc(C)cc(CC(=O)C(CN)c2ccccc2)c1. The van der Waals surface area contributed by atoms with Gasteiger partial charge < -0.3 is 5.73 Å². The summed E-state index contributed by atoms with van der Waals surface area (Å²) in [7, 11) is 0. The number of hydrogen-bond acceptors (Lipinski definition) is 2. The Kier molecular flexibility index (Phi) is 4.70. The van der Waals surface area contributed by atoms with Gasteiger partial charge >= 0.3 is 0 Å². The van der Waals surface area contributed by atoms with Gasteiger partial charge in [0, 0.05) is 13.0 Å². The van der Waals surface area contributed by atoms with Gasteiger partial charge in [0.25, 0.3) is 0 Å². The van der Waals surface area contributed by atoms with E-state index in [9.17, 15) is 4.79 Å². The first-order chi connectivity index (χ1) is 9.60. The summed E-state index contributed by atoms with van der Waals surface area (Å²) in [6.45, 7) is 4.46. The molecule has 1 atom stereocenters. The van der Waals surface area contributed by atoms with E-state index in [0.717, 1.165) is 11.1 Å². The first-order valence-corrected chi connectivity index (χ1v) is 6.95. The summed E-state index contributed by atoms with van der Waals surface area (Å²) in [4.78, 5) is 12.5. The number of Topliss-reactive ketones (excluding diaryl/α,β-unsaturated/α-hetero) is 1. The normalized spacial score (nSPS) is 12.2. The summed E-state index contributed by atoms with van der Waals surface area (Å²) in [5.41, 5.74) is 10.3. The van der Waals surface area contributed by atoms with Gasteiger partial charge in [-0.15, -0.1) is 0 Å². The van der Waals surface area contributed by atoms with Gasteiger partial charge in [-0.05, 0) is 25.0 Å². The highest BCUT2D eigenvalue weighted by Crippen LogP contribution is 2.19. The van der Waals surface area contributed by atoms with Gasteiger partial charge in [-0.3, -0.25) is 4.79 Å². The second-order valence-corrected chi connectivity index (χ2v) is 5.34. The summed E-state index contributed by atoms with van der Waals surface area (Å²) in [5.74, 6) is -0.0271. The summed E-state index contributed by atoms with van der Waals surface area (Å²) >= 11 is 0. The second kappa shape index (κ2) is 6.49. The molecule has 0 bridgehead atoms. The summed E-state index contributed by atoms with van der Waals surface area (Å²) in [5, 5.41) is 0. The molecule has 0 fully saturated rings. The van der Waals surface area contributed by atoms with Gasteiger partial charge in [0.15, 0.2) is 0 Å². The van der Waals surface area contributed by atoms with Gasteiger partial charge in [-0.25, -0.2) is 0 Å². The first-order valence-electron chi connectivity index (χ1n) is 6.95. The van der Waals surface area contributed by atoms with Crippen LogP contribution in [0.15, 0.2) is 48.5 Å². The van der Waals surface area contributed by atoms with Crippen LogP contribution >= 0.6 is 0 Å². The third-order valence-electron chi connectivity index (χ3n) is 3.49. The molecule has 2 N–H and O–H groups in total. The second-order valence-electron chi connectivity index (χ2n) is 5.34. The molecule has 0 heterocycles. The van der Waals surface area contributed by atoms with Crippen molar-refractivity contribution in [2.24, 2.45) is 5.73 Å². The fourth-order valence-corrected chi connectivity index (χ4v) is 2.63. The van der Waals surface area contributed by atoms with Gasteiger partial charge in [0.2, 0.25) is 0 Å². The molecular formula is C18H21NO. The zero-order valence-electron chi connectivity index (χ0n) is 12.1. The lowest BCUT2D eigenvalue weighted by molar-refractivity contribution is -0.119. The van der Waals surface area contributed by atoms with Crippen molar-refractivity contribution in [3.8, 4) is 0 Å². The molecule has 0 saturated carbocycles. The minimum atomic E-state index is -0.211. The highest BCUT2D eigenvalue weighted by molar-refractivity contribution is 5.88. The maximum Gasteiger partial charge on any atom is 0.145 e. The number of rotatable bonds is 5. The molecule has 0 saturated heterocycles. The van der Waals surface area contributed by atoms with Crippen LogP contribution in [-0.2, 0) is 11.2 Å². The van der Waals surface area contributed by atoms with Crippen molar-refractivity contribution in [1.82, 2.24) is 0 Å². The van der Waals surface area contributed by atoms with Crippen LogP contribution in [0.25, 0.3) is 0 Å². The van der Waals surface area contributed by atoms with Crippen LogP contribution in [0.3, 0.4) is 0 Å². The fraction of sp³-hybridized carbons (Fsp3) is 0.278. The van der Waals surface area contributed by atoms with Crippen LogP contribution in [0.5, 0.6) is 0 Å². The summed E-state index contributed by atoms with van der Waals surface area (Å²) in [6.07, 6.45) is 0.444. The van der Waals surface area contributed by atoms with E-state index in [0.29, 0.717) is 13.0 Å². The van der Waals surface area contributed by atoms with Crippen molar-refractivity contribution in [3.05, 3.63) is 70.8 Å². The minimum absolute atomic E-state index is 0.184. The number of carbonyl (C=O) groups excluding carboxylic acids is 1. The molecule has 0 aliphatic heterocycles. The van der Waals surface area contributed by atoms with Gasteiger partial charge in [0.1, 0.15) is 5.78 Å². The van der Waals surface area contributed by atoms with Crippen LogP contribution in [0.1, 0.15) is 28.2 Å². The highest BCUT2D eigenvalue weighted by atomic mass is 16.1. The standard InChI is InChI=1S/C18H21NO/c1-13-8-14(2)10-15(9-13)11-18(20)17(12-19)16-6-4-3-5-7-16/h3-10,17H,11-12,19H2,1-2H3. The molecule has 2 aromatic rings. The van der Waals surface area contributed by atoms with Crippen molar-refractivity contribution in [1.29, 1.82) is 0 Å². The van der Waals surface area contributed by atoms with Gasteiger partial charge in [-0.2, -0.15) is 0 Å². The summed E-state index contributed by atoms with van der Waals surface area (Å²) < 4.78 is 0. The molecule has 0 spiro atoms. The molecule has 0 aromatic heterocycles. The number of nitrogens with two attached hydrogens (primary N) is 1. The Bertz CT molecular complexity index is 569. The Hall–Kier alpha value is -1.93. The van der Waals surface area contributed by atoms with Crippen molar-refractivity contribution in [3.63, 3.8) is 0 Å². The number of benzene rings is 2. The van der Waals surface area contributed by atoms with Crippen LogP contribution in [0.2, 0.25) is 0 Å². The van der Waals surface area contributed by atoms with Gasteiger partial charge in [0.05, 0.1) is 5.92 Å². The van der Waals surface area contributed by atoms with Crippen molar-refractivity contribution < 1.29 is 4.79 Å². The molecule has 1 unspecified atom stereocenters. The van der Waals surface area contributed by atoms with E-state index in [1.54, 1.807) is 0 Å². The Morgan fingerprint density at radius 3 is 2.20 bits per heavy atom. The monoisotopic (exact) mass is 267 g/mol. The lowest BCUT2D eigenvalue weighted by Gasteiger charge is -2.14. The fourth-order valence-electron chi connectivity index (χ4n) is 2.63. The van der Waals surface area contributed by atoms with Crippen LogP contribution in [0.4, 0.5) is 0 Å². The van der Waals surface area contributed by atoms with E-state index in [1.807, 2.05) is 30.3 Å². The molecule has 2 aromatic carbocycles. The third kappa shape index (κ3) is 3.55. The van der Waals surface area contributed by atoms with E-state index < -0.39 is 0 Å². The van der Waals surface area contributed by atoms with Crippen molar-refractivity contribution in [2.45, 2.75) is 26.2 Å². The number of ketones is 1. The lowest BCUT2D eigenvalue weighted by atomic mass is 9.90. The molecule has 0 amide bonds. The van der Waals surface area contributed by atoms with Gasteiger partial charge in [-0.1, -0.05) is 59.7 Å². The molecule has 20 heavy (non-hydrogen) atoms. The molecule has 0 radical (unpaired) electrons. The van der Waals surface area contributed by atoms with Crippen molar-refractivity contribution in [2.75, 3.05) is 6.54 Å². The maximum atomic E-state index is 12.5.